The first-order valence-electron chi connectivity index (χ1n) is 8.17. The van der Waals surface area contributed by atoms with E-state index in [4.69, 9.17) is 4.74 Å². The summed E-state index contributed by atoms with van der Waals surface area (Å²) < 4.78 is 28.3. The minimum absolute atomic E-state index is 0.0523. The van der Waals surface area contributed by atoms with Crippen molar-refractivity contribution >= 4 is 27.5 Å². The molecule has 24 heavy (non-hydrogen) atoms. The van der Waals surface area contributed by atoms with E-state index in [0.717, 1.165) is 5.75 Å². The predicted octanol–water partition coefficient (Wildman–Crippen LogP) is 2.23. The fraction of sp³-hybridized carbons (Fsp3) is 0.588. The average molecular weight is 372 g/mol. The van der Waals surface area contributed by atoms with Crippen molar-refractivity contribution in [1.29, 1.82) is 0 Å². The van der Waals surface area contributed by atoms with Gasteiger partial charge in [-0.25, -0.2) is 8.42 Å². The third-order valence-electron chi connectivity index (χ3n) is 3.88. The molecule has 1 heterocycles. The molecule has 0 radical (unpaired) electrons. The molecule has 0 aliphatic carbocycles. The Hall–Kier alpha value is -1.21. The molecule has 1 aliphatic heterocycles. The fourth-order valence-corrected chi connectivity index (χ4v) is 5.92. The second kappa shape index (κ2) is 8.76. The number of carbonyl (C=O) groups excluding carboxylic acids is 1. The molecule has 1 saturated heterocycles. The van der Waals surface area contributed by atoms with Crippen LogP contribution in [0.1, 0.15) is 31.7 Å². The Labute approximate surface area is 148 Å². The van der Waals surface area contributed by atoms with Gasteiger partial charge in [-0.05, 0) is 30.0 Å². The van der Waals surface area contributed by atoms with Gasteiger partial charge in [-0.1, -0.05) is 26.0 Å². The molecule has 1 aromatic rings. The van der Waals surface area contributed by atoms with E-state index in [9.17, 15) is 13.2 Å². The number of sulfone groups is 1. The van der Waals surface area contributed by atoms with Crippen LogP contribution >= 0.6 is 11.8 Å². The Morgan fingerprint density at radius 1 is 1.33 bits per heavy atom. The minimum Gasteiger partial charge on any atom is -0.492 e. The van der Waals surface area contributed by atoms with Crippen LogP contribution in [0.25, 0.3) is 0 Å². The molecular weight excluding hydrogens is 346 g/mol. The van der Waals surface area contributed by atoms with Gasteiger partial charge in [0, 0.05) is 5.25 Å². The van der Waals surface area contributed by atoms with Gasteiger partial charge in [0.15, 0.2) is 9.84 Å². The van der Waals surface area contributed by atoms with E-state index in [-0.39, 0.29) is 22.7 Å². The van der Waals surface area contributed by atoms with Gasteiger partial charge in [0.2, 0.25) is 5.91 Å². The van der Waals surface area contributed by atoms with Crippen molar-refractivity contribution < 1.29 is 17.9 Å². The van der Waals surface area contributed by atoms with E-state index in [0.29, 0.717) is 31.2 Å². The molecular formula is C17H25NO4S2. The summed E-state index contributed by atoms with van der Waals surface area (Å²) in [7, 11) is -2.88. The summed E-state index contributed by atoms with van der Waals surface area (Å²) in [6.07, 6.45) is 0.649. The molecule has 134 valence electrons. The SMILES string of the molecule is CC(C)c1ccc(OCCNC(=O)CS[C@@H]2CCS(=O)(=O)C2)cc1. The maximum Gasteiger partial charge on any atom is 0.230 e. The highest BCUT2D eigenvalue weighted by molar-refractivity contribution is 8.02. The number of amides is 1. The van der Waals surface area contributed by atoms with E-state index in [1.165, 1.54) is 17.3 Å². The first-order chi connectivity index (χ1) is 11.4. The van der Waals surface area contributed by atoms with E-state index >= 15 is 0 Å². The number of rotatable bonds is 8. The maximum absolute atomic E-state index is 11.8. The van der Waals surface area contributed by atoms with Gasteiger partial charge in [-0.15, -0.1) is 11.8 Å². The average Bonchev–Trinajstić information content (AvgIpc) is 2.89. The van der Waals surface area contributed by atoms with E-state index < -0.39 is 9.84 Å². The smallest absolute Gasteiger partial charge is 0.230 e. The monoisotopic (exact) mass is 371 g/mol. The van der Waals surface area contributed by atoms with Crippen LogP contribution in [0.15, 0.2) is 24.3 Å². The Kier molecular flexibility index (Phi) is 6.98. The van der Waals surface area contributed by atoms with Gasteiger partial charge in [-0.2, -0.15) is 0 Å². The highest BCUT2D eigenvalue weighted by Crippen LogP contribution is 2.24. The van der Waals surface area contributed by atoms with Crippen LogP contribution in [0.4, 0.5) is 0 Å². The molecule has 1 aliphatic rings. The third-order valence-corrected chi connectivity index (χ3v) is 7.16. The quantitative estimate of drug-likeness (QED) is 0.710. The zero-order chi connectivity index (χ0) is 17.6. The summed E-state index contributed by atoms with van der Waals surface area (Å²) >= 11 is 1.42. The third kappa shape index (κ3) is 6.36. The lowest BCUT2D eigenvalue weighted by Crippen LogP contribution is -2.30. The minimum atomic E-state index is -2.88. The van der Waals surface area contributed by atoms with Crippen LogP contribution in [0.3, 0.4) is 0 Å². The molecule has 1 fully saturated rings. The molecule has 7 heteroatoms. The molecule has 0 saturated carbocycles. The highest BCUT2D eigenvalue weighted by Gasteiger charge is 2.28. The van der Waals surface area contributed by atoms with E-state index in [1.54, 1.807) is 0 Å². The first-order valence-corrected chi connectivity index (χ1v) is 11.0. The molecule has 0 spiro atoms. The van der Waals surface area contributed by atoms with Crippen molar-refractivity contribution in [1.82, 2.24) is 5.32 Å². The van der Waals surface area contributed by atoms with Gasteiger partial charge in [-0.3, -0.25) is 4.79 Å². The highest BCUT2D eigenvalue weighted by atomic mass is 32.2. The van der Waals surface area contributed by atoms with Crippen molar-refractivity contribution in [3.63, 3.8) is 0 Å². The van der Waals surface area contributed by atoms with Gasteiger partial charge < -0.3 is 10.1 Å². The lowest BCUT2D eigenvalue weighted by molar-refractivity contribution is -0.118. The molecule has 1 N–H and O–H groups in total. The van der Waals surface area contributed by atoms with Gasteiger partial charge in [0.05, 0.1) is 23.8 Å². The Morgan fingerprint density at radius 3 is 2.62 bits per heavy atom. The molecule has 2 rings (SSSR count). The number of ether oxygens (including phenoxy) is 1. The van der Waals surface area contributed by atoms with E-state index in [2.05, 4.69) is 19.2 Å². The predicted molar refractivity (Wildman–Crippen MR) is 98.6 cm³/mol. The number of benzene rings is 1. The van der Waals surface area contributed by atoms with Crippen molar-refractivity contribution in [2.75, 3.05) is 30.4 Å². The van der Waals surface area contributed by atoms with Crippen LogP contribution in [0.2, 0.25) is 0 Å². The molecule has 1 amide bonds. The second-order valence-electron chi connectivity index (χ2n) is 6.26. The number of nitrogens with one attached hydrogen (secondary N) is 1. The summed E-state index contributed by atoms with van der Waals surface area (Å²) in [6, 6.07) is 7.97. The number of carbonyl (C=O) groups is 1. The van der Waals surface area contributed by atoms with Crippen LogP contribution < -0.4 is 10.1 Å². The lowest BCUT2D eigenvalue weighted by atomic mass is 10.0. The summed E-state index contributed by atoms with van der Waals surface area (Å²) in [5.74, 6) is 1.94. The zero-order valence-electron chi connectivity index (χ0n) is 14.2. The van der Waals surface area contributed by atoms with Crippen molar-refractivity contribution in [2.45, 2.75) is 31.4 Å². The summed E-state index contributed by atoms with van der Waals surface area (Å²) in [4.78, 5) is 11.8. The Morgan fingerprint density at radius 2 is 2.04 bits per heavy atom. The molecule has 1 aromatic carbocycles. The summed E-state index contributed by atoms with van der Waals surface area (Å²) in [5.41, 5.74) is 1.27. The standard InChI is InChI=1S/C17H25NO4S2/c1-13(2)14-3-5-15(6-4-14)22-9-8-18-17(19)11-23-16-7-10-24(20,21)12-16/h3-6,13,16H,7-12H2,1-2H3,(H,18,19)/t16-/m1/s1. The largest absolute Gasteiger partial charge is 0.492 e. The fourth-order valence-electron chi connectivity index (χ4n) is 2.45. The van der Waals surface area contributed by atoms with Gasteiger partial charge >= 0.3 is 0 Å². The summed E-state index contributed by atoms with van der Waals surface area (Å²) in [6.45, 7) is 5.14. The van der Waals surface area contributed by atoms with Crippen LogP contribution in [0, 0.1) is 0 Å². The van der Waals surface area contributed by atoms with Crippen LogP contribution in [0.5, 0.6) is 5.75 Å². The second-order valence-corrected chi connectivity index (χ2v) is 9.78. The zero-order valence-corrected chi connectivity index (χ0v) is 15.8. The normalized spacial score (nSPS) is 19.4. The molecule has 5 nitrogen and oxygen atoms in total. The van der Waals surface area contributed by atoms with Gasteiger partial charge in [0.25, 0.3) is 0 Å². The molecule has 1 atom stereocenters. The van der Waals surface area contributed by atoms with Crippen LogP contribution in [-0.4, -0.2) is 50.0 Å². The number of thioether (sulfide) groups is 1. The summed E-state index contributed by atoms with van der Waals surface area (Å²) in [5, 5.41) is 2.85. The maximum atomic E-state index is 11.8. The van der Waals surface area contributed by atoms with Crippen LogP contribution in [-0.2, 0) is 14.6 Å². The number of hydrogen-bond acceptors (Lipinski definition) is 5. The van der Waals surface area contributed by atoms with Gasteiger partial charge in [0.1, 0.15) is 12.4 Å². The molecule has 0 bridgehead atoms. The Balaban J connectivity index is 1.59. The first kappa shape index (κ1) is 19.1. The van der Waals surface area contributed by atoms with Crippen molar-refractivity contribution in [3.8, 4) is 5.75 Å². The topological polar surface area (TPSA) is 72.5 Å². The van der Waals surface area contributed by atoms with Crippen molar-refractivity contribution in [2.24, 2.45) is 0 Å². The Bertz CT molecular complexity index is 641. The number of hydrogen-bond donors (Lipinski definition) is 1. The molecule has 0 aromatic heterocycles. The molecule has 0 unspecified atom stereocenters. The van der Waals surface area contributed by atoms with E-state index in [1.807, 2.05) is 24.3 Å². The lowest BCUT2D eigenvalue weighted by Gasteiger charge is -2.10. The van der Waals surface area contributed by atoms with Crippen molar-refractivity contribution in [3.05, 3.63) is 29.8 Å².